The Morgan fingerprint density at radius 3 is 2.44 bits per heavy atom. The highest BCUT2D eigenvalue weighted by Crippen LogP contribution is 2.23. The number of carbonyl (C=O) groups is 1. The van der Waals surface area contributed by atoms with Gasteiger partial charge in [-0.3, -0.25) is 4.79 Å². The van der Waals surface area contributed by atoms with E-state index in [-0.39, 0.29) is 0 Å². The molecule has 7 heteroatoms. The first kappa shape index (κ1) is 15.7. The Kier molecular flexibility index (Phi) is 4.15. The highest BCUT2D eigenvalue weighted by Gasteiger charge is 2.16. The summed E-state index contributed by atoms with van der Waals surface area (Å²) in [7, 11) is 0. The number of hydrogen-bond acceptors (Lipinski definition) is 6. The second-order valence-corrected chi connectivity index (χ2v) is 6.14. The van der Waals surface area contributed by atoms with E-state index in [9.17, 15) is 4.79 Å². The average molecular weight is 336 g/mol. The van der Waals surface area contributed by atoms with Crippen molar-refractivity contribution in [2.24, 2.45) is 0 Å². The molecule has 1 aromatic carbocycles. The van der Waals surface area contributed by atoms with E-state index < -0.39 is 0 Å². The lowest BCUT2D eigenvalue weighted by Gasteiger charge is -2.35. The minimum atomic E-state index is 0.360. The van der Waals surface area contributed by atoms with Crippen LogP contribution in [0, 0.1) is 0 Å². The van der Waals surface area contributed by atoms with Crippen LogP contribution >= 0.6 is 0 Å². The number of benzene rings is 1. The van der Waals surface area contributed by atoms with Crippen LogP contribution in [0.15, 0.2) is 36.4 Å². The molecule has 25 heavy (non-hydrogen) atoms. The first-order valence-corrected chi connectivity index (χ1v) is 8.54. The van der Waals surface area contributed by atoms with Crippen LogP contribution in [-0.2, 0) is 0 Å². The lowest BCUT2D eigenvalue weighted by molar-refractivity contribution is 0.111. The summed E-state index contributed by atoms with van der Waals surface area (Å²) in [6.07, 6.45) is 0.724. The number of rotatable bonds is 4. The summed E-state index contributed by atoms with van der Waals surface area (Å²) in [4.78, 5) is 15.8. The quantitative estimate of drug-likeness (QED) is 0.676. The van der Waals surface area contributed by atoms with Crippen molar-refractivity contribution < 1.29 is 4.79 Å². The van der Waals surface area contributed by atoms with Gasteiger partial charge < -0.3 is 9.80 Å². The van der Waals surface area contributed by atoms with E-state index >= 15 is 0 Å². The molecule has 0 atom stereocenters. The fraction of sp³-hybridized carbons (Fsp3) is 0.333. The van der Waals surface area contributed by atoms with Gasteiger partial charge >= 0.3 is 0 Å². The molecule has 0 aliphatic carbocycles. The van der Waals surface area contributed by atoms with Crippen molar-refractivity contribution in [3.63, 3.8) is 0 Å². The first-order valence-electron chi connectivity index (χ1n) is 8.54. The lowest BCUT2D eigenvalue weighted by Crippen LogP contribution is -2.46. The van der Waals surface area contributed by atoms with Gasteiger partial charge in [-0.1, -0.05) is 6.92 Å². The molecule has 0 radical (unpaired) electrons. The molecule has 0 unspecified atom stereocenters. The van der Waals surface area contributed by atoms with Gasteiger partial charge in [-0.15, -0.1) is 10.2 Å². The maximum absolute atomic E-state index is 11.0. The van der Waals surface area contributed by atoms with Gasteiger partial charge in [0.2, 0.25) is 0 Å². The zero-order chi connectivity index (χ0) is 17.2. The van der Waals surface area contributed by atoms with E-state index in [1.807, 2.05) is 12.1 Å². The van der Waals surface area contributed by atoms with Crippen molar-refractivity contribution >= 4 is 17.6 Å². The molecule has 4 rings (SSSR count). The minimum absolute atomic E-state index is 0.360. The fourth-order valence-corrected chi connectivity index (χ4v) is 3.19. The molecule has 1 saturated heterocycles. The molecule has 0 amide bonds. The number of hydrogen-bond donors (Lipinski definition) is 0. The van der Waals surface area contributed by atoms with Crippen LogP contribution in [0.1, 0.15) is 17.4 Å². The van der Waals surface area contributed by atoms with Gasteiger partial charge in [-0.2, -0.15) is 9.61 Å². The highest BCUT2D eigenvalue weighted by molar-refractivity contribution is 5.72. The molecule has 1 fully saturated rings. The summed E-state index contributed by atoms with van der Waals surface area (Å²) in [6, 6.07) is 11.7. The van der Waals surface area contributed by atoms with Gasteiger partial charge in [-0.05, 0) is 42.9 Å². The van der Waals surface area contributed by atoms with Crippen LogP contribution in [0.5, 0.6) is 0 Å². The van der Waals surface area contributed by atoms with Gasteiger partial charge in [0.25, 0.3) is 0 Å². The third kappa shape index (κ3) is 2.98. The van der Waals surface area contributed by atoms with Crippen molar-refractivity contribution in [2.45, 2.75) is 6.92 Å². The molecular formula is C18H20N6O. The molecular weight excluding hydrogens is 316 g/mol. The van der Waals surface area contributed by atoms with E-state index in [4.69, 9.17) is 0 Å². The molecule has 0 saturated carbocycles. The standard InChI is InChI=1S/C18H20N6O/c1-2-22-9-11-23(12-10-22)16-6-3-14(4-7-16)18-20-19-17-8-5-15(13-25)21-24(17)18/h3-8,13H,2,9-12H2,1H3. The monoisotopic (exact) mass is 336 g/mol. The maximum atomic E-state index is 11.0. The number of piperazine rings is 1. The Balaban J connectivity index is 1.59. The van der Waals surface area contributed by atoms with Crippen LogP contribution in [0.25, 0.3) is 17.0 Å². The van der Waals surface area contributed by atoms with Crippen LogP contribution < -0.4 is 4.90 Å². The third-order valence-electron chi connectivity index (χ3n) is 4.71. The number of carbonyl (C=O) groups excluding carboxylic acids is 1. The second-order valence-electron chi connectivity index (χ2n) is 6.14. The summed E-state index contributed by atoms with van der Waals surface area (Å²) >= 11 is 0. The zero-order valence-corrected chi connectivity index (χ0v) is 14.2. The normalized spacial score (nSPS) is 15.6. The van der Waals surface area contributed by atoms with E-state index in [0.717, 1.165) is 44.6 Å². The molecule has 2 aromatic heterocycles. The van der Waals surface area contributed by atoms with Crippen molar-refractivity contribution in [1.82, 2.24) is 24.7 Å². The fourth-order valence-electron chi connectivity index (χ4n) is 3.19. The largest absolute Gasteiger partial charge is 0.369 e. The maximum Gasteiger partial charge on any atom is 0.185 e. The van der Waals surface area contributed by atoms with E-state index in [1.54, 1.807) is 16.6 Å². The smallest absolute Gasteiger partial charge is 0.185 e. The second kappa shape index (κ2) is 6.60. The molecule has 0 N–H and O–H groups in total. The van der Waals surface area contributed by atoms with Gasteiger partial charge in [0.1, 0.15) is 5.69 Å². The van der Waals surface area contributed by atoms with Gasteiger partial charge in [0, 0.05) is 37.4 Å². The van der Waals surface area contributed by atoms with E-state index in [1.165, 1.54) is 5.69 Å². The average Bonchev–Trinajstić information content (AvgIpc) is 3.11. The van der Waals surface area contributed by atoms with Crippen LogP contribution in [0.2, 0.25) is 0 Å². The SMILES string of the molecule is CCN1CCN(c2ccc(-c3nnc4ccc(C=O)nn34)cc2)CC1. The van der Waals surface area contributed by atoms with Crippen LogP contribution in [0.3, 0.4) is 0 Å². The number of aromatic nitrogens is 4. The van der Waals surface area contributed by atoms with E-state index in [0.29, 0.717) is 17.2 Å². The summed E-state index contributed by atoms with van der Waals surface area (Å²) in [6.45, 7) is 7.62. The van der Waals surface area contributed by atoms with Crippen LogP contribution in [0.4, 0.5) is 5.69 Å². The Morgan fingerprint density at radius 1 is 1.00 bits per heavy atom. The number of aldehydes is 1. The molecule has 3 aromatic rings. The number of likely N-dealkylation sites (N-methyl/N-ethyl adjacent to an activating group) is 1. The Labute approximate surface area is 145 Å². The molecule has 7 nitrogen and oxygen atoms in total. The third-order valence-corrected chi connectivity index (χ3v) is 4.71. The number of nitrogens with zero attached hydrogens (tertiary/aromatic N) is 6. The Hall–Kier alpha value is -2.80. The topological polar surface area (TPSA) is 66.6 Å². The first-order chi connectivity index (χ1) is 12.3. The van der Waals surface area contributed by atoms with Crippen molar-refractivity contribution in [3.05, 3.63) is 42.1 Å². The summed E-state index contributed by atoms with van der Waals surface area (Å²) in [5, 5.41) is 12.6. The predicted octanol–water partition coefficient (Wildman–Crippen LogP) is 1.75. The van der Waals surface area contributed by atoms with Crippen molar-refractivity contribution in [2.75, 3.05) is 37.6 Å². The minimum Gasteiger partial charge on any atom is -0.369 e. The zero-order valence-electron chi connectivity index (χ0n) is 14.2. The van der Waals surface area contributed by atoms with Crippen LogP contribution in [-0.4, -0.2) is 63.7 Å². The predicted molar refractivity (Wildman–Crippen MR) is 95.9 cm³/mol. The van der Waals surface area contributed by atoms with Crippen molar-refractivity contribution in [1.29, 1.82) is 0 Å². The Morgan fingerprint density at radius 2 is 1.76 bits per heavy atom. The molecule has 128 valence electrons. The number of fused-ring (bicyclic) bond motifs is 1. The number of anilines is 1. The highest BCUT2D eigenvalue weighted by atomic mass is 16.1. The molecule has 1 aliphatic heterocycles. The van der Waals surface area contributed by atoms with Gasteiger partial charge in [-0.25, -0.2) is 0 Å². The summed E-state index contributed by atoms with van der Waals surface area (Å²) in [5.74, 6) is 0.640. The molecule has 3 heterocycles. The molecule has 1 aliphatic rings. The van der Waals surface area contributed by atoms with Gasteiger partial charge in [0.05, 0.1) is 0 Å². The summed E-state index contributed by atoms with van der Waals surface area (Å²) < 4.78 is 1.61. The molecule has 0 spiro atoms. The van der Waals surface area contributed by atoms with Gasteiger partial charge in [0.15, 0.2) is 17.8 Å². The summed E-state index contributed by atoms with van der Waals surface area (Å²) in [5.41, 5.74) is 3.13. The van der Waals surface area contributed by atoms with E-state index in [2.05, 4.69) is 44.2 Å². The van der Waals surface area contributed by atoms with Crippen molar-refractivity contribution in [3.8, 4) is 11.4 Å². The Bertz CT molecular complexity index is 880. The molecule has 0 bridgehead atoms. The lowest BCUT2D eigenvalue weighted by atomic mass is 10.1.